The Hall–Kier alpha value is -2.37. The van der Waals surface area contributed by atoms with E-state index in [0.717, 1.165) is 11.0 Å². The van der Waals surface area contributed by atoms with Crippen molar-refractivity contribution in [3.05, 3.63) is 57.8 Å². The maximum absolute atomic E-state index is 12.8. The van der Waals surface area contributed by atoms with Crippen LogP contribution in [0.5, 0.6) is 0 Å². The molecule has 7 heteroatoms. The normalized spacial score (nSPS) is 11.4. The minimum absolute atomic E-state index is 0.283. The van der Waals surface area contributed by atoms with E-state index in [2.05, 4.69) is 20.4 Å². The molecule has 0 saturated heterocycles. The number of carbonyl (C=O) groups excluding carboxylic acids is 1. The van der Waals surface area contributed by atoms with E-state index in [1.165, 1.54) is 0 Å². The summed E-state index contributed by atoms with van der Waals surface area (Å²) in [5.41, 5.74) is 2.05. The third kappa shape index (κ3) is 1.98. The molecule has 0 atom stereocenters. The average molecular weight is 331 g/mol. The van der Waals surface area contributed by atoms with Gasteiger partial charge in [-0.05, 0) is 36.4 Å². The van der Waals surface area contributed by atoms with E-state index < -0.39 is 0 Å². The van der Waals surface area contributed by atoms with Crippen LogP contribution in [0.25, 0.3) is 21.8 Å². The van der Waals surface area contributed by atoms with E-state index >= 15 is 0 Å². The van der Waals surface area contributed by atoms with Gasteiger partial charge >= 0.3 is 0 Å². The second-order valence-corrected chi connectivity index (χ2v) is 5.73. The van der Waals surface area contributed by atoms with Gasteiger partial charge < -0.3 is 0 Å². The molecule has 2 N–H and O–H groups in total. The highest BCUT2D eigenvalue weighted by Crippen LogP contribution is 2.26. The van der Waals surface area contributed by atoms with Gasteiger partial charge in [0.25, 0.3) is 0 Å². The van der Waals surface area contributed by atoms with Gasteiger partial charge in [0.05, 0.1) is 11.0 Å². The number of ketones is 1. The molecule has 0 saturated carbocycles. The fourth-order valence-electron chi connectivity index (χ4n) is 2.43. The van der Waals surface area contributed by atoms with Crippen molar-refractivity contribution >= 4 is 50.8 Å². The molecule has 22 heavy (non-hydrogen) atoms. The maximum Gasteiger partial charge on any atom is 0.234 e. The molecule has 0 spiro atoms. The first-order chi connectivity index (χ1) is 10.6. The number of aromatic nitrogens is 4. The lowest BCUT2D eigenvalue weighted by Crippen LogP contribution is -2.03. The van der Waals surface area contributed by atoms with Crippen molar-refractivity contribution in [3.8, 4) is 0 Å². The maximum atomic E-state index is 12.8. The third-order valence-corrected chi connectivity index (χ3v) is 3.95. The smallest absolute Gasteiger partial charge is 0.234 e. The Bertz CT molecular complexity index is 953. The molecule has 0 radical (unpaired) electrons. The van der Waals surface area contributed by atoms with Gasteiger partial charge in [-0.25, -0.2) is 0 Å². The number of aromatic amines is 2. The Kier molecular flexibility index (Phi) is 2.92. The summed E-state index contributed by atoms with van der Waals surface area (Å²) in [6.45, 7) is 0. The van der Waals surface area contributed by atoms with Crippen molar-refractivity contribution in [2.45, 2.75) is 0 Å². The van der Waals surface area contributed by atoms with Gasteiger partial charge in [-0.3, -0.25) is 15.0 Å². The van der Waals surface area contributed by atoms with Crippen LogP contribution in [0.1, 0.15) is 16.2 Å². The highest BCUT2D eigenvalue weighted by molar-refractivity contribution is 6.32. The number of nitrogens with one attached hydrogen (secondary N) is 2. The molecule has 2 aromatic carbocycles. The topological polar surface area (TPSA) is 74.4 Å². The highest BCUT2D eigenvalue weighted by Gasteiger charge is 2.21. The summed E-state index contributed by atoms with van der Waals surface area (Å²) in [4.78, 5) is 12.8. The van der Waals surface area contributed by atoms with Crippen LogP contribution in [0.15, 0.2) is 36.4 Å². The van der Waals surface area contributed by atoms with Gasteiger partial charge in [0.1, 0.15) is 11.4 Å². The van der Waals surface area contributed by atoms with Gasteiger partial charge in [-0.2, -0.15) is 10.2 Å². The van der Waals surface area contributed by atoms with Gasteiger partial charge in [-0.1, -0.05) is 23.2 Å². The number of halogens is 2. The van der Waals surface area contributed by atoms with Crippen molar-refractivity contribution in [1.82, 2.24) is 20.4 Å². The lowest BCUT2D eigenvalue weighted by Gasteiger charge is -1.97. The predicted octanol–water partition coefficient (Wildman–Crippen LogP) is 3.98. The molecule has 0 unspecified atom stereocenters. The molecule has 2 aromatic heterocycles. The predicted molar refractivity (Wildman–Crippen MR) is 85.6 cm³/mol. The summed E-state index contributed by atoms with van der Waals surface area (Å²) < 4.78 is 0. The average Bonchev–Trinajstić information content (AvgIpc) is 3.09. The largest absolute Gasteiger partial charge is 0.285 e. The molecular weight excluding hydrogens is 323 g/mol. The van der Waals surface area contributed by atoms with E-state index in [1.54, 1.807) is 36.4 Å². The first-order valence-corrected chi connectivity index (χ1v) is 7.21. The van der Waals surface area contributed by atoms with Gasteiger partial charge in [-0.15, -0.1) is 0 Å². The van der Waals surface area contributed by atoms with Crippen LogP contribution in [0.3, 0.4) is 0 Å². The van der Waals surface area contributed by atoms with Crippen LogP contribution < -0.4 is 0 Å². The lowest BCUT2D eigenvalue weighted by molar-refractivity contribution is 0.103. The molecule has 5 nitrogen and oxygen atoms in total. The monoisotopic (exact) mass is 330 g/mol. The van der Waals surface area contributed by atoms with Crippen LogP contribution in [0.4, 0.5) is 0 Å². The van der Waals surface area contributed by atoms with E-state index in [1.807, 2.05) is 0 Å². The van der Waals surface area contributed by atoms with E-state index in [4.69, 9.17) is 23.2 Å². The zero-order valence-electron chi connectivity index (χ0n) is 11.0. The third-order valence-electron chi connectivity index (χ3n) is 3.48. The Morgan fingerprint density at radius 1 is 0.818 bits per heavy atom. The number of rotatable bonds is 2. The van der Waals surface area contributed by atoms with E-state index in [0.29, 0.717) is 20.8 Å². The van der Waals surface area contributed by atoms with Crippen molar-refractivity contribution in [1.29, 1.82) is 0 Å². The SMILES string of the molecule is O=C(c1n[nH]c2ccc(Cl)cc12)c1n[nH]c2ccc(Cl)cc12. The number of hydrogen-bond donors (Lipinski definition) is 2. The fourth-order valence-corrected chi connectivity index (χ4v) is 2.78. The van der Waals surface area contributed by atoms with E-state index in [9.17, 15) is 4.79 Å². The molecule has 0 amide bonds. The Balaban J connectivity index is 1.92. The van der Waals surface area contributed by atoms with Crippen LogP contribution >= 0.6 is 23.2 Å². The molecule has 0 aliphatic heterocycles. The zero-order valence-corrected chi connectivity index (χ0v) is 12.5. The number of fused-ring (bicyclic) bond motifs is 2. The molecule has 0 aliphatic rings. The minimum Gasteiger partial charge on any atom is -0.285 e. The number of hydrogen-bond acceptors (Lipinski definition) is 3. The molecular formula is C15H8Cl2N4O. The summed E-state index contributed by atoms with van der Waals surface area (Å²) in [5.74, 6) is -0.290. The van der Waals surface area contributed by atoms with Gasteiger partial charge in [0.2, 0.25) is 5.78 Å². The summed E-state index contributed by atoms with van der Waals surface area (Å²) >= 11 is 12.0. The molecule has 108 valence electrons. The molecule has 4 aromatic rings. The van der Waals surface area contributed by atoms with Crippen molar-refractivity contribution < 1.29 is 4.79 Å². The molecule has 0 aliphatic carbocycles. The van der Waals surface area contributed by atoms with E-state index in [-0.39, 0.29) is 17.2 Å². The van der Waals surface area contributed by atoms with Crippen LogP contribution in [-0.4, -0.2) is 26.2 Å². The fraction of sp³-hybridized carbons (Fsp3) is 0. The second-order valence-electron chi connectivity index (χ2n) is 4.85. The van der Waals surface area contributed by atoms with Gasteiger partial charge in [0, 0.05) is 20.8 Å². The Morgan fingerprint density at radius 2 is 1.27 bits per heavy atom. The molecule has 0 fully saturated rings. The summed E-state index contributed by atoms with van der Waals surface area (Å²) in [5, 5.41) is 16.3. The summed E-state index contributed by atoms with van der Waals surface area (Å²) in [6, 6.07) is 10.4. The quantitative estimate of drug-likeness (QED) is 0.546. The van der Waals surface area contributed by atoms with Crippen LogP contribution in [0.2, 0.25) is 10.0 Å². The Labute approximate surface area is 134 Å². The minimum atomic E-state index is -0.290. The van der Waals surface area contributed by atoms with Crippen LogP contribution in [0, 0.1) is 0 Å². The zero-order chi connectivity index (χ0) is 15.3. The first kappa shape index (κ1) is 13.3. The standard InChI is InChI=1S/C15H8Cl2N4O/c16-7-1-3-11-9(5-7)13(20-18-11)15(22)14-10-6-8(17)2-4-12(10)19-21-14/h1-6H,(H,18,20)(H,19,21). The van der Waals surface area contributed by atoms with Crippen LogP contribution in [-0.2, 0) is 0 Å². The van der Waals surface area contributed by atoms with Crippen molar-refractivity contribution in [3.63, 3.8) is 0 Å². The number of H-pyrrole nitrogens is 2. The summed E-state index contributed by atoms with van der Waals surface area (Å²) in [6.07, 6.45) is 0. The molecule has 0 bridgehead atoms. The second kappa shape index (κ2) is 4.83. The van der Waals surface area contributed by atoms with Crippen molar-refractivity contribution in [2.75, 3.05) is 0 Å². The lowest BCUT2D eigenvalue weighted by atomic mass is 10.1. The summed E-state index contributed by atoms with van der Waals surface area (Å²) in [7, 11) is 0. The molecule has 2 heterocycles. The van der Waals surface area contributed by atoms with Crippen molar-refractivity contribution in [2.24, 2.45) is 0 Å². The Morgan fingerprint density at radius 3 is 1.73 bits per heavy atom. The first-order valence-electron chi connectivity index (χ1n) is 6.45. The number of carbonyl (C=O) groups is 1. The number of nitrogens with zero attached hydrogens (tertiary/aromatic N) is 2. The number of benzene rings is 2. The highest BCUT2D eigenvalue weighted by atomic mass is 35.5. The molecule has 4 rings (SSSR count). The van der Waals surface area contributed by atoms with Gasteiger partial charge in [0.15, 0.2) is 0 Å².